The second-order valence-electron chi connectivity index (χ2n) is 1.81. The average Bonchev–Trinajstić information content (AvgIpc) is 1.89. The zero-order valence-electron chi connectivity index (χ0n) is 5.49. The number of azide groups is 1. The van der Waals surface area contributed by atoms with Gasteiger partial charge >= 0.3 is 0 Å². The van der Waals surface area contributed by atoms with Crippen molar-refractivity contribution in [3.63, 3.8) is 0 Å². The summed E-state index contributed by atoms with van der Waals surface area (Å²) in [6, 6.07) is 0. The van der Waals surface area contributed by atoms with Gasteiger partial charge in [-0.25, -0.2) is 0 Å². The minimum atomic E-state index is -0.310. The van der Waals surface area contributed by atoms with Crippen LogP contribution in [-0.4, -0.2) is 17.8 Å². The fourth-order valence-electron chi connectivity index (χ4n) is 0.456. The average molecular weight is 129 g/mol. The van der Waals surface area contributed by atoms with Crippen molar-refractivity contribution in [1.82, 2.24) is 0 Å². The molecule has 0 saturated heterocycles. The summed E-state index contributed by atoms with van der Waals surface area (Å²) in [5.74, 6) is 0. The van der Waals surface area contributed by atoms with Crippen molar-refractivity contribution >= 4 is 0 Å². The molecule has 9 heavy (non-hydrogen) atoms. The maximum absolute atomic E-state index is 8.90. The molecule has 0 aliphatic carbocycles. The van der Waals surface area contributed by atoms with Crippen LogP contribution in [0.1, 0.15) is 19.8 Å². The Morgan fingerprint density at radius 3 is 2.89 bits per heavy atom. The van der Waals surface area contributed by atoms with Crippen molar-refractivity contribution in [3.05, 3.63) is 10.4 Å². The van der Waals surface area contributed by atoms with Gasteiger partial charge < -0.3 is 5.11 Å². The van der Waals surface area contributed by atoms with Crippen molar-refractivity contribution in [2.75, 3.05) is 6.54 Å². The molecule has 1 N–H and O–H groups in total. The maximum atomic E-state index is 8.90. The van der Waals surface area contributed by atoms with E-state index in [1.165, 1.54) is 0 Å². The minimum Gasteiger partial charge on any atom is -0.393 e. The van der Waals surface area contributed by atoms with Crippen molar-refractivity contribution in [3.8, 4) is 0 Å². The van der Waals surface area contributed by atoms with E-state index >= 15 is 0 Å². The van der Waals surface area contributed by atoms with E-state index in [1.54, 1.807) is 0 Å². The van der Waals surface area contributed by atoms with Crippen LogP contribution in [0.4, 0.5) is 0 Å². The third-order valence-electron chi connectivity index (χ3n) is 1.10. The third-order valence-corrected chi connectivity index (χ3v) is 1.10. The first-order valence-corrected chi connectivity index (χ1v) is 3.00. The number of aliphatic hydroxyl groups excluding tert-OH is 1. The molecule has 0 saturated carbocycles. The highest BCUT2D eigenvalue weighted by atomic mass is 16.3. The van der Waals surface area contributed by atoms with Crippen molar-refractivity contribution in [2.45, 2.75) is 25.9 Å². The Labute approximate surface area is 54.1 Å². The molecule has 0 heterocycles. The van der Waals surface area contributed by atoms with Crippen molar-refractivity contribution < 1.29 is 5.11 Å². The molecule has 0 aromatic rings. The quantitative estimate of drug-likeness (QED) is 0.348. The number of hydrogen-bond acceptors (Lipinski definition) is 2. The van der Waals surface area contributed by atoms with Crippen LogP contribution < -0.4 is 0 Å². The normalized spacial score (nSPS) is 12.2. The molecule has 0 radical (unpaired) electrons. The SMILES string of the molecule is CC[C@H](O)CCN=[N+]=[N-]. The van der Waals surface area contributed by atoms with Crippen LogP contribution >= 0.6 is 0 Å². The molecule has 0 amide bonds. The first kappa shape index (κ1) is 8.27. The fraction of sp³-hybridized carbons (Fsp3) is 1.00. The summed E-state index contributed by atoms with van der Waals surface area (Å²) in [4.78, 5) is 2.56. The predicted octanol–water partition coefficient (Wildman–Crippen LogP) is 1.46. The van der Waals surface area contributed by atoms with Gasteiger partial charge in [0.2, 0.25) is 0 Å². The Balaban J connectivity index is 3.16. The Bertz CT molecular complexity index is 109. The van der Waals surface area contributed by atoms with Gasteiger partial charge in [-0.1, -0.05) is 12.0 Å². The smallest absolute Gasteiger partial charge is 0.0539 e. The molecular formula is C5H11N3O. The molecule has 52 valence electrons. The summed E-state index contributed by atoms with van der Waals surface area (Å²) >= 11 is 0. The van der Waals surface area contributed by atoms with Crippen LogP contribution in [0.15, 0.2) is 5.11 Å². The molecule has 0 aromatic heterocycles. The second-order valence-corrected chi connectivity index (χ2v) is 1.81. The predicted molar refractivity (Wildman–Crippen MR) is 34.9 cm³/mol. The molecular weight excluding hydrogens is 118 g/mol. The highest BCUT2D eigenvalue weighted by Gasteiger charge is 1.96. The van der Waals surface area contributed by atoms with E-state index in [1.807, 2.05) is 6.92 Å². The van der Waals surface area contributed by atoms with Gasteiger partial charge in [-0.3, -0.25) is 0 Å². The molecule has 0 fully saturated rings. The van der Waals surface area contributed by atoms with Gasteiger partial charge in [0.05, 0.1) is 6.10 Å². The third kappa shape index (κ3) is 5.14. The van der Waals surface area contributed by atoms with E-state index in [0.717, 1.165) is 6.42 Å². The molecule has 4 nitrogen and oxygen atoms in total. The van der Waals surface area contributed by atoms with Crippen LogP contribution in [0.3, 0.4) is 0 Å². The Morgan fingerprint density at radius 1 is 1.78 bits per heavy atom. The zero-order valence-corrected chi connectivity index (χ0v) is 5.49. The van der Waals surface area contributed by atoms with E-state index in [4.69, 9.17) is 10.6 Å². The molecule has 0 aliphatic heterocycles. The van der Waals surface area contributed by atoms with Crippen LogP contribution in [-0.2, 0) is 0 Å². The molecule has 0 aliphatic rings. The zero-order chi connectivity index (χ0) is 7.11. The minimum absolute atomic E-state index is 0.310. The molecule has 0 spiro atoms. The first-order valence-electron chi connectivity index (χ1n) is 3.00. The van der Waals surface area contributed by atoms with Gasteiger partial charge in [0.15, 0.2) is 0 Å². The summed E-state index contributed by atoms with van der Waals surface area (Å²) in [5, 5.41) is 12.2. The van der Waals surface area contributed by atoms with E-state index in [-0.39, 0.29) is 6.10 Å². The van der Waals surface area contributed by atoms with Crippen LogP contribution in [0.25, 0.3) is 10.4 Å². The fourth-order valence-corrected chi connectivity index (χ4v) is 0.456. The Kier molecular flexibility index (Phi) is 4.97. The van der Waals surface area contributed by atoms with Crippen LogP contribution in [0.5, 0.6) is 0 Å². The lowest BCUT2D eigenvalue weighted by molar-refractivity contribution is 0.163. The van der Waals surface area contributed by atoms with Gasteiger partial charge in [0, 0.05) is 11.5 Å². The second kappa shape index (κ2) is 5.41. The highest BCUT2D eigenvalue weighted by Crippen LogP contribution is 1.95. The number of rotatable bonds is 4. The van der Waals surface area contributed by atoms with E-state index in [2.05, 4.69) is 10.0 Å². The largest absolute Gasteiger partial charge is 0.393 e. The van der Waals surface area contributed by atoms with E-state index in [0.29, 0.717) is 13.0 Å². The van der Waals surface area contributed by atoms with Gasteiger partial charge in [-0.05, 0) is 18.4 Å². The molecule has 1 atom stereocenters. The van der Waals surface area contributed by atoms with Crippen molar-refractivity contribution in [2.24, 2.45) is 5.11 Å². The standard InChI is InChI=1S/C5H11N3O/c1-2-5(9)3-4-7-8-6/h5,9H,2-4H2,1H3/t5-/m0/s1. The molecule has 0 rings (SSSR count). The van der Waals surface area contributed by atoms with E-state index in [9.17, 15) is 0 Å². The highest BCUT2D eigenvalue weighted by molar-refractivity contribution is 4.54. The van der Waals surface area contributed by atoms with Gasteiger partial charge in [-0.15, -0.1) is 0 Å². The summed E-state index contributed by atoms with van der Waals surface area (Å²) < 4.78 is 0. The topological polar surface area (TPSA) is 69.0 Å². The van der Waals surface area contributed by atoms with Gasteiger partial charge in [0.1, 0.15) is 0 Å². The Hall–Kier alpha value is -0.730. The van der Waals surface area contributed by atoms with Gasteiger partial charge in [-0.2, -0.15) is 0 Å². The van der Waals surface area contributed by atoms with Crippen LogP contribution in [0.2, 0.25) is 0 Å². The number of aliphatic hydroxyl groups is 1. The van der Waals surface area contributed by atoms with E-state index < -0.39 is 0 Å². The van der Waals surface area contributed by atoms with Crippen molar-refractivity contribution in [1.29, 1.82) is 0 Å². The summed E-state index contributed by atoms with van der Waals surface area (Å²) in [6.07, 6.45) is 0.983. The Morgan fingerprint density at radius 2 is 2.44 bits per heavy atom. The summed E-state index contributed by atoms with van der Waals surface area (Å²) in [5.41, 5.74) is 7.83. The van der Waals surface area contributed by atoms with Gasteiger partial charge in [0.25, 0.3) is 0 Å². The lowest BCUT2D eigenvalue weighted by Crippen LogP contribution is -2.04. The molecule has 0 bridgehead atoms. The summed E-state index contributed by atoms with van der Waals surface area (Å²) in [6.45, 7) is 2.28. The lowest BCUT2D eigenvalue weighted by atomic mass is 10.2. The molecule has 0 aromatic carbocycles. The summed E-state index contributed by atoms with van der Waals surface area (Å²) in [7, 11) is 0. The number of nitrogens with zero attached hydrogens (tertiary/aromatic N) is 3. The number of hydrogen-bond donors (Lipinski definition) is 1. The monoisotopic (exact) mass is 129 g/mol. The maximum Gasteiger partial charge on any atom is 0.0539 e. The lowest BCUT2D eigenvalue weighted by Gasteiger charge is -2.01. The molecule has 0 unspecified atom stereocenters. The molecule has 4 heteroatoms. The first-order chi connectivity index (χ1) is 4.31. The van der Waals surface area contributed by atoms with Crippen LogP contribution in [0, 0.1) is 0 Å².